The lowest BCUT2D eigenvalue weighted by Gasteiger charge is -2.15. The van der Waals surface area contributed by atoms with Crippen LogP contribution in [0.15, 0.2) is 42.5 Å². The largest absolute Gasteiger partial charge is 0.205 e. The first-order valence-electron chi connectivity index (χ1n) is 6.34. The number of rotatable bonds is 5. The first-order chi connectivity index (χ1) is 9.61. The molecule has 0 aliphatic heterocycles. The monoisotopic (exact) mass is 330 g/mol. The molecule has 1 atom stereocenters. The zero-order valence-electron chi connectivity index (χ0n) is 10.8. The SMILES string of the molecule is Fc1c(Cl)cccc1CC(CCl)Cc1ccccc1Cl. The molecule has 4 heteroatoms. The van der Waals surface area contributed by atoms with Crippen molar-refractivity contribution < 1.29 is 4.39 Å². The first-order valence-corrected chi connectivity index (χ1v) is 7.63. The second kappa shape index (κ2) is 7.31. The second-order valence-electron chi connectivity index (χ2n) is 4.73. The van der Waals surface area contributed by atoms with E-state index in [9.17, 15) is 4.39 Å². The summed E-state index contributed by atoms with van der Waals surface area (Å²) in [5.74, 6) is 0.199. The Hall–Kier alpha value is -0.760. The molecule has 0 saturated carbocycles. The van der Waals surface area contributed by atoms with Gasteiger partial charge in [0, 0.05) is 10.9 Å². The predicted octanol–water partition coefficient (Wildman–Crippen LogP) is 5.77. The van der Waals surface area contributed by atoms with E-state index in [2.05, 4.69) is 0 Å². The van der Waals surface area contributed by atoms with E-state index in [1.54, 1.807) is 18.2 Å². The van der Waals surface area contributed by atoms with Gasteiger partial charge in [-0.1, -0.05) is 53.5 Å². The Balaban J connectivity index is 2.14. The van der Waals surface area contributed by atoms with Crippen LogP contribution in [0.1, 0.15) is 11.1 Å². The maximum atomic E-state index is 13.9. The van der Waals surface area contributed by atoms with Gasteiger partial charge in [0.2, 0.25) is 0 Å². The molecule has 0 spiro atoms. The molecular formula is C16H14Cl3F. The van der Waals surface area contributed by atoms with Crippen LogP contribution in [0.3, 0.4) is 0 Å². The van der Waals surface area contributed by atoms with E-state index >= 15 is 0 Å². The van der Waals surface area contributed by atoms with Crippen LogP contribution in [0, 0.1) is 11.7 Å². The molecule has 0 N–H and O–H groups in total. The maximum absolute atomic E-state index is 13.9. The fraction of sp³-hybridized carbons (Fsp3) is 0.250. The minimum absolute atomic E-state index is 0.115. The average molecular weight is 332 g/mol. The molecule has 2 rings (SSSR count). The standard InChI is InChI=1S/C16H14Cl3F/c17-10-11(8-12-4-1-2-6-14(12)18)9-13-5-3-7-15(19)16(13)20/h1-7,11H,8-10H2. The molecule has 0 aliphatic carbocycles. The average Bonchev–Trinajstić information content (AvgIpc) is 2.45. The van der Waals surface area contributed by atoms with Crippen LogP contribution >= 0.6 is 34.8 Å². The molecule has 0 heterocycles. The lowest BCUT2D eigenvalue weighted by Crippen LogP contribution is -2.11. The van der Waals surface area contributed by atoms with Crippen LogP contribution in [0.4, 0.5) is 4.39 Å². The van der Waals surface area contributed by atoms with Gasteiger partial charge >= 0.3 is 0 Å². The molecule has 0 saturated heterocycles. The Bertz CT molecular complexity index is 584. The van der Waals surface area contributed by atoms with Crippen molar-refractivity contribution in [1.82, 2.24) is 0 Å². The van der Waals surface area contributed by atoms with E-state index < -0.39 is 0 Å². The predicted molar refractivity (Wildman–Crippen MR) is 84.5 cm³/mol. The molecule has 0 bridgehead atoms. The van der Waals surface area contributed by atoms with Gasteiger partial charge in [0.25, 0.3) is 0 Å². The highest BCUT2D eigenvalue weighted by molar-refractivity contribution is 6.31. The summed E-state index contributed by atoms with van der Waals surface area (Å²) in [6, 6.07) is 12.7. The minimum Gasteiger partial charge on any atom is -0.205 e. The number of hydrogen-bond acceptors (Lipinski definition) is 0. The summed E-state index contributed by atoms with van der Waals surface area (Å²) in [7, 11) is 0. The van der Waals surface area contributed by atoms with Gasteiger partial charge in [0.15, 0.2) is 0 Å². The van der Waals surface area contributed by atoms with E-state index in [-0.39, 0.29) is 16.8 Å². The highest BCUT2D eigenvalue weighted by atomic mass is 35.5. The van der Waals surface area contributed by atoms with Crippen molar-refractivity contribution in [3.63, 3.8) is 0 Å². The van der Waals surface area contributed by atoms with E-state index in [1.807, 2.05) is 24.3 Å². The summed E-state index contributed by atoms with van der Waals surface area (Å²) < 4.78 is 13.9. The molecule has 0 aliphatic rings. The van der Waals surface area contributed by atoms with Crippen molar-refractivity contribution in [3.8, 4) is 0 Å². The van der Waals surface area contributed by atoms with Gasteiger partial charge in [-0.25, -0.2) is 4.39 Å². The van der Waals surface area contributed by atoms with E-state index in [1.165, 1.54) is 0 Å². The van der Waals surface area contributed by atoms with Crippen molar-refractivity contribution in [1.29, 1.82) is 0 Å². The van der Waals surface area contributed by atoms with Crippen LogP contribution in [0.25, 0.3) is 0 Å². The second-order valence-corrected chi connectivity index (χ2v) is 5.86. The number of benzene rings is 2. The van der Waals surface area contributed by atoms with Gasteiger partial charge in [0.1, 0.15) is 5.82 Å². The zero-order valence-corrected chi connectivity index (χ0v) is 13.0. The third-order valence-corrected chi connectivity index (χ3v) is 4.32. The molecule has 106 valence electrons. The van der Waals surface area contributed by atoms with E-state index in [0.717, 1.165) is 12.0 Å². The molecule has 0 nitrogen and oxygen atoms in total. The summed E-state index contributed by atoms with van der Waals surface area (Å²) in [6.45, 7) is 0. The van der Waals surface area contributed by atoms with Gasteiger partial charge in [-0.15, -0.1) is 11.6 Å². The van der Waals surface area contributed by atoms with Gasteiger partial charge in [-0.05, 0) is 42.0 Å². The Labute approximate surface area is 133 Å². The fourth-order valence-corrected chi connectivity index (χ4v) is 2.80. The van der Waals surface area contributed by atoms with Crippen molar-refractivity contribution in [2.75, 3.05) is 5.88 Å². The summed E-state index contributed by atoms with van der Waals surface area (Å²) in [4.78, 5) is 0. The highest BCUT2D eigenvalue weighted by Gasteiger charge is 2.15. The molecule has 0 amide bonds. The quantitative estimate of drug-likeness (QED) is 0.610. The Morgan fingerprint density at radius 2 is 1.45 bits per heavy atom. The fourth-order valence-electron chi connectivity index (χ4n) is 2.17. The Kier molecular flexibility index (Phi) is 5.71. The van der Waals surface area contributed by atoms with Crippen LogP contribution in [-0.4, -0.2) is 5.88 Å². The third-order valence-electron chi connectivity index (χ3n) is 3.22. The number of alkyl halides is 1. The van der Waals surface area contributed by atoms with Crippen LogP contribution in [-0.2, 0) is 12.8 Å². The van der Waals surface area contributed by atoms with E-state index in [4.69, 9.17) is 34.8 Å². The third kappa shape index (κ3) is 3.88. The highest BCUT2D eigenvalue weighted by Crippen LogP contribution is 2.25. The molecule has 0 aromatic heterocycles. The molecular weight excluding hydrogens is 318 g/mol. The zero-order chi connectivity index (χ0) is 14.5. The summed E-state index contributed by atoms with van der Waals surface area (Å²) in [5, 5.41) is 0.864. The van der Waals surface area contributed by atoms with Crippen molar-refractivity contribution in [3.05, 3.63) is 69.5 Å². The molecule has 0 fully saturated rings. The van der Waals surface area contributed by atoms with E-state index in [0.29, 0.717) is 22.9 Å². The smallest absolute Gasteiger partial charge is 0.144 e. The van der Waals surface area contributed by atoms with Crippen molar-refractivity contribution in [2.24, 2.45) is 5.92 Å². The molecule has 2 aromatic carbocycles. The molecule has 0 radical (unpaired) electrons. The van der Waals surface area contributed by atoms with Gasteiger partial charge in [0.05, 0.1) is 5.02 Å². The normalized spacial score (nSPS) is 12.4. The summed E-state index contributed by atoms with van der Waals surface area (Å²) >= 11 is 18.0. The molecule has 1 unspecified atom stereocenters. The van der Waals surface area contributed by atoms with Gasteiger partial charge in [-0.2, -0.15) is 0 Å². The van der Waals surface area contributed by atoms with Gasteiger partial charge in [-0.3, -0.25) is 0 Å². The first kappa shape index (κ1) is 15.6. The lowest BCUT2D eigenvalue weighted by atomic mass is 9.94. The Morgan fingerprint density at radius 1 is 0.850 bits per heavy atom. The molecule has 20 heavy (non-hydrogen) atoms. The van der Waals surface area contributed by atoms with Crippen LogP contribution in [0.5, 0.6) is 0 Å². The Morgan fingerprint density at radius 3 is 2.15 bits per heavy atom. The summed E-state index contributed by atoms with van der Waals surface area (Å²) in [6.07, 6.45) is 1.26. The topological polar surface area (TPSA) is 0 Å². The molecule has 2 aromatic rings. The van der Waals surface area contributed by atoms with Crippen molar-refractivity contribution in [2.45, 2.75) is 12.8 Å². The van der Waals surface area contributed by atoms with Crippen molar-refractivity contribution >= 4 is 34.8 Å². The van der Waals surface area contributed by atoms with Crippen LogP contribution in [0.2, 0.25) is 10.0 Å². The summed E-state index contributed by atoms with van der Waals surface area (Å²) in [5.41, 5.74) is 1.62. The van der Waals surface area contributed by atoms with Gasteiger partial charge < -0.3 is 0 Å². The number of hydrogen-bond donors (Lipinski definition) is 0. The minimum atomic E-state index is -0.358. The van der Waals surface area contributed by atoms with Crippen LogP contribution < -0.4 is 0 Å². The number of halogens is 4. The lowest BCUT2D eigenvalue weighted by molar-refractivity contribution is 0.546. The maximum Gasteiger partial charge on any atom is 0.144 e.